The number of alkyl halides is 1. The van der Waals surface area contributed by atoms with E-state index in [-0.39, 0.29) is 0 Å². The first-order valence-electron chi connectivity index (χ1n) is 6.57. The Balaban J connectivity index is 1.96. The van der Waals surface area contributed by atoms with Gasteiger partial charge in [0, 0.05) is 4.83 Å². The number of hydrogen-bond acceptors (Lipinski definition) is 1. The number of rotatable bonds is 5. The molecule has 0 saturated carbocycles. The zero-order valence-corrected chi connectivity index (χ0v) is 12.9. The van der Waals surface area contributed by atoms with Crippen molar-refractivity contribution in [2.24, 2.45) is 0 Å². The average molecular weight is 319 g/mol. The summed E-state index contributed by atoms with van der Waals surface area (Å²) in [5.74, 6) is 1.42. The molecule has 2 aromatic carbocycles. The molecule has 0 bridgehead atoms. The molecule has 0 fully saturated rings. The maximum absolute atomic E-state index is 5.78. The van der Waals surface area contributed by atoms with Gasteiger partial charge in [0.1, 0.15) is 12.4 Å². The summed E-state index contributed by atoms with van der Waals surface area (Å²) in [6, 6.07) is 18.6. The van der Waals surface area contributed by atoms with Crippen LogP contribution in [0.4, 0.5) is 0 Å². The lowest BCUT2D eigenvalue weighted by Gasteiger charge is -2.15. The van der Waals surface area contributed by atoms with E-state index in [4.69, 9.17) is 4.74 Å². The van der Waals surface area contributed by atoms with Crippen molar-refractivity contribution in [2.75, 3.05) is 0 Å². The Morgan fingerprint density at radius 2 is 1.58 bits per heavy atom. The van der Waals surface area contributed by atoms with Crippen molar-refractivity contribution in [3.8, 4) is 5.75 Å². The van der Waals surface area contributed by atoms with E-state index in [9.17, 15) is 0 Å². The molecule has 100 valence electrons. The van der Waals surface area contributed by atoms with Gasteiger partial charge < -0.3 is 4.74 Å². The molecule has 0 amide bonds. The third-order valence-electron chi connectivity index (χ3n) is 3.34. The van der Waals surface area contributed by atoms with Crippen LogP contribution in [-0.2, 0) is 6.61 Å². The molecule has 2 unspecified atom stereocenters. The van der Waals surface area contributed by atoms with Crippen molar-refractivity contribution >= 4 is 15.9 Å². The predicted molar refractivity (Wildman–Crippen MR) is 84.0 cm³/mol. The first-order chi connectivity index (χ1) is 9.16. The normalized spacial score (nSPS) is 13.8. The van der Waals surface area contributed by atoms with Gasteiger partial charge in [-0.2, -0.15) is 0 Å². The van der Waals surface area contributed by atoms with Gasteiger partial charge in [0.25, 0.3) is 0 Å². The predicted octanol–water partition coefficient (Wildman–Crippen LogP) is 5.15. The van der Waals surface area contributed by atoms with Crippen LogP contribution in [0.5, 0.6) is 5.75 Å². The second-order valence-electron chi connectivity index (χ2n) is 4.81. The van der Waals surface area contributed by atoms with Gasteiger partial charge in [0.15, 0.2) is 0 Å². The van der Waals surface area contributed by atoms with Gasteiger partial charge in [0.2, 0.25) is 0 Å². The van der Waals surface area contributed by atoms with E-state index in [0.717, 1.165) is 5.75 Å². The minimum Gasteiger partial charge on any atom is -0.489 e. The Kier molecular flexibility index (Phi) is 5.03. The fourth-order valence-electron chi connectivity index (χ4n) is 1.87. The molecule has 0 heterocycles. The highest BCUT2D eigenvalue weighted by molar-refractivity contribution is 9.09. The van der Waals surface area contributed by atoms with E-state index in [1.807, 2.05) is 30.3 Å². The van der Waals surface area contributed by atoms with Gasteiger partial charge in [-0.25, -0.2) is 0 Å². The zero-order valence-electron chi connectivity index (χ0n) is 11.3. The Labute approximate surface area is 123 Å². The van der Waals surface area contributed by atoms with Crippen molar-refractivity contribution in [1.82, 2.24) is 0 Å². The third kappa shape index (κ3) is 4.10. The number of benzene rings is 2. The highest BCUT2D eigenvalue weighted by atomic mass is 79.9. The lowest BCUT2D eigenvalue weighted by Crippen LogP contribution is -2.04. The molecular formula is C17H19BrO. The summed E-state index contributed by atoms with van der Waals surface area (Å²) < 4.78 is 5.78. The highest BCUT2D eigenvalue weighted by Gasteiger charge is 2.10. The second kappa shape index (κ2) is 6.76. The summed E-state index contributed by atoms with van der Waals surface area (Å²) in [6.07, 6.45) is 0. The highest BCUT2D eigenvalue weighted by Crippen LogP contribution is 2.26. The van der Waals surface area contributed by atoms with Crippen LogP contribution in [0, 0.1) is 0 Å². The lowest BCUT2D eigenvalue weighted by molar-refractivity contribution is 0.306. The SMILES string of the molecule is CC(Br)C(C)c1ccc(OCc2ccccc2)cc1. The molecule has 2 aromatic rings. The molecular weight excluding hydrogens is 300 g/mol. The molecule has 0 spiro atoms. The summed E-state index contributed by atoms with van der Waals surface area (Å²) in [7, 11) is 0. The summed E-state index contributed by atoms with van der Waals surface area (Å²) in [5, 5.41) is 0. The van der Waals surface area contributed by atoms with Crippen molar-refractivity contribution < 1.29 is 4.74 Å². The van der Waals surface area contributed by atoms with Crippen LogP contribution in [0.1, 0.15) is 30.9 Å². The molecule has 19 heavy (non-hydrogen) atoms. The van der Waals surface area contributed by atoms with Crippen molar-refractivity contribution in [3.05, 3.63) is 65.7 Å². The Bertz CT molecular complexity index is 490. The molecule has 0 N–H and O–H groups in total. The Morgan fingerprint density at radius 1 is 0.947 bits per heavy atom. The molecule has 2 heteroatoms. The molecule has 0 aromatic heterocycles. The van der Waals surface area contributed by atoms with Gasteiger partial charge in [-0.3, -0.25) is 0 Å². The van der Waals surface area contributed by atoms with E-state index in [2.05, 4.69) is 54.0 Å². The standard InChI is InChI=1S/C17H19BrO/c1-13(14(2)18)16-8-10-17(11-9-16)19-12-15-6-4-3-5-7-15/h3-11,13-14H,12H2,1-2H3. The number of hydrogen-bond donors (Lipinski definition) is 0. The molecule has 0 radical (unpaired) electrons. The van der Waals surface area contributed by atoms with E-state index in [1.54, 1.807) is 0 Å². The maximum atomic E-state index is 5.78. The fourth-order valence-corrected chi connectivity index (χ4v) is 2.18. The van der Waals surface area contributed by atoms with Crippen LogP contribution < -0.4 is 4.74 Å². The monoisotopic (exact) mass is 318 g/mol. The summed E-state index contributed by atoms with van der Waals surface area (Å²) in [4.78, 5) is 0.476. The average Bonchev–Trinajstić information content (AvgIpc) is 2.46. The van der Waals surface area contributed by atoms with Crippen LogP contribution >= 0.6 is 15.9 Å². The zero-order chi connectivity index (χ0) is 13.7. The Hall–Kier alpha value is -1.28. The fraction of sp³-hybridized carbons (Fsp3) is 0.294. The smallest absolute Gasteiger partial charge is 0.119 e. The Morgan fingerprint density at radius 3 is 2.16 bits per heavy atom. The van der Waals surface area contributed by atoms with Gasteiger partial charge >= 0.3 is 0 Å². The van der Waals surface area contributed by atoms with Gasteiger partial charge in [-0.15, -0.1) is 0 Å². The molecule has 1 nitrogen and oxygen atoms in total. The topological polar surface area (TPSA) is 9.23 Å². The maximum Gasteiger partial charge on any atom is 0.119 e. The molecule has 2 rings (SSSR count). The van der Waals surface area contributed by atoms with Crippen LogP contribution in [0.2, 0.25) is 0 Å². The van der Waals surface area contributed by atoms with Gasteiger partial charge in [0.05, 0.1) is 0 Å². The van der Waals surface area contributed by atoms with Crippen molar-refractivity contribution in [3.63, 3.8) is 0 Å². The van der Waals surface area contributed by atoms with Gasteiger partial charge in [-0.05, 0) is 29.2 Å². The summed E-state index contributed by atoms with van der Waals surface area (Å²) >= 11 is 3.63. The largest absolute Gasteiger partial charge is 0.489 e. The first-order valence-corrected chi connectivity index (χ1v) is 7.49. The molecule has 2 atom stereocenters. The summed E-state index contributed by atoms with van der Waals surface area (Å²) in [6.45, 7) is 5.01. The summed E-state index contributed by atoms with van der Waals surface area (Å²) in [5.41, 5.74) is 2.52. The third-order valence-corrected chi connectivity index (χ3v) is 4.14. The number of halogens is 1. The quantitative estimate of drug-likeness (QED) is 0.692. The molecule has 0 aliphatic rings. The minimum absolute atomic E-state index is 0.476. The second-order valence-corrected chi connectivity index (χ2v) is 6.25. The van der Waals surface area contributed by atoms with Gasteiger partial charge in [-0.1, -0.05) is 72.2 Å². The minimum atomic E-state index is 0.476. The molecule has 0 aliphatic heterocycles. The van der Waals surface area contributed by atoms with Crippen LogP contribution in [0.15, 0.2) is 54.6 Å². The van der Waals surface area contributed by atoms with Crippen molar-refractivity contribution in [2.45, 2.75) is 31.2 Å². The van der Waals surface area contributed by atoms with E-state index < -0.39 is 0 Å². The van der Waals surface area contributed by atoms with E-state index in [0.29, 0.717) is 17.4 Å². The molecule has 0 aliphatic carbocycles. The number of ether oxygens (including phenoxy) is 1. The van der Waals surface area contributed by atoms with Crippen LogP contribution in [0.3, 0.4) is 0 Å². The van der Waals surface area contributed by atoms with Crippen LogP contribution in [0.25, 0.3) is 0 Å². The van der Waals surface area contributed by atoms with E-state index >= 15 is 0 Å². The van der Waals surface area contributed by atoms with Crippen molar-refractivity contribution in [1.29, 1.82) is 0 Å². The first kappa shape index (κ1) is 14.1. The van der Waals surface area contributed by atoms with E-state index in [1.165, 1.54) is 11.1 Å². The molecule has 0 saturated heterocycles. The van der Waals surface area contributed by atoms with Crippen LogP contribution in [-0.4, -0.2) is 4.83 Å². The lowest BCUT2D eigenvalue weighted by atomic mass is 9.99.